The predicted octanol–water partition coefficient (Wildman–Crippen LogP) is 2.60. The minimum absolute atomic E-state index is 0.147. The molecule has 2 fully saturated rings. The summed E-state index contributed by atoms with van der Waals surface area (Å²) in [5.41, 5.74) is 0.241. The fraction of sp³-hybridized carbons (Fsp3) is 0.706. The van der Waals surface area contributed by atoms with Crippen LogP contribution in [0.5, 0.6) is 0 Å². The first-order valence-electron chi connectivity index (χ1n) is 8.66. The molecule has 1 atom stereocenters. The molecule has 24 heavy (non-hydrogen) atoms. The van der Waals surface area contributed by atoms with Gasteiger partial charge in [-0.05, 0) is 20.3 Å². The molecule has 2 aliphatic rings. The average Bonchev–Trinajstić information content (AvgIpc) is 3.12. The van der Waals surface area contributed by atoms with Crippen molar-refractivity contribution in [2.24, 2.45) is 0 Å². The van der Waals surface area contributed by atoms with Gasteiger partial charge in [0.1, 0.15) is 5.60 Å². The summed E-state index contributed by atoms with van der Waals surface area (Å²) in [4.78, 5) is 28.2. The minimum Gasteiger partial charge on any atom is -0.441 e. The molecule has 3 rings (SSSR count). The van der Waals surface area contributed by atoms with Crippen molar-refractivity contribution in [1.82, 2.24) is 15.0 Å². The Hall–Kier alpha value is -2.05. The van der Waals surface area contributed by atoms with Crippen LogP contribution in [0.3, 0.4) is 0 Å². The molecule has 0 aromatic carbocycles. The van der Waals surface area contributed by atoms with Crippen LogP contribution in [0, 0.1) is 6.92 Å². The second-order valence-electron chi connectivity index (χ2n) is 6.94. The Bertz CT molecular complexity index is 619. The predicted molar refractivity (Wildman–Crippen MR) is 86.7 cm³/mol. The average molecular weight is 335 g/mol. The Morgan fingerprint density at radius 2 is 2.12 bits per heavy atom. The van der Waals surface area contributed by atoms with E-state index >= 15 is 0 Å². The Kier molecular flexibility index (Phi) is 4.51. The van der Waals surface area contributed by atoms with Crippen molar-refractivity contribution in [3.63, 3.8) is 0 Å². The van der Waals surface area contributed by atoms with Crippen molar-refractivity contribution < 1.29 is 18.8 Å². The number of hydrogen-bond donors (Lipinski definition) is 0. The zero-order valence-electron chi connectivity index (χ0n) is 14.6. The van der Waals surface area contributed by atoms with Crippen LogP contribution in [-0.4, -0.2) is 58.2 Å². The van der Waals surface area contributed by atoms with Gasteiger partial charge >= 0.3 is 6.09 Å². The fourth-order valence-corrected chi connectivity index (χ4v) is 3.56. The van der Waals surface area contributed by atoms with Crippen molar-refractivity contribution in [3.05, 3.63) is 17.5 Å². The number of amides is 2. The number of hydrogen-bond acceptors (Lipinski definition) is 5. The standard InChI is InChI=1S/C17H25N3O4/c1-4-5-13(3)20-11-17(23-16(20)22)6-8-19(9-7-17)15(21)14-10-12(2)18-24-14/h10,13H,4-9,11H2,1-3H3/t13-/m0/s1. The molecule has 1 aromatic rings. The molecule has 7 heteroatoms. The highest BCUT2D eigenvalue weighted by Crippen LogP contribution is 2.35. The molecular weight excluding hydrogens is 310 g/mol. The third-order valence-corrected chi connectivity index (χ3v) is 5.04. The largest absolute Gasteiger partial charge is 0.441 e. The number of carbonyl (C=O) groups excluding carboxylic acids is 2. The maximum Gasteiger partial charge on any atom is 0.410 e. The van der Waals surface area contributed by atoms with Crippen LogP contribution in [0.15, 0.2) is 10.6 Å². The molecule has 3 heterocycles. The van der Waals surface area contributed by atoms with Gasteiger partial charge in [-0.3, -0.25) is 4.79 Å². The number of nitrogens with zero attached hydrogens (tertiary/aromatic N) is 3. The Labute approximate surface area is 141 Å². The first kappa shape index (κ1) is 16.8. The first-order chi connectivity index (χ1) is 11.4. The first-order valence-corrected chi connectivity index (χ1v) is 8.66. The summed E-state index contributed by atoms with van der Waals surface area (Å²) in [6.07, 6.45) is 3.11. The van der Waals surface area contributed by atoms with E-state index in [1.807, 2.05) is 4.90 Å². The highest BCUT2D eigenvalue weighted by atomic mass is 16.6. The summed E-state index contributed by atoms with van der Waals surface area (Å²) in [5.74, 6) is 0.121. The van der Waals surface area contributed by atoms with Crippen LogP contribution >= 0.6 is 0 Å². The molecule has 0 unspecified atom stereocenters. The lowest BCUT2D eigenvalue weighted by Gasteiger charge is -2.37. The van der Waals surface area contributed by atoms with Gasteiger partial charge in [0.15, 0.2) is 0 Å². The lowest BCUT2D eigenvalue weighted by molar-refractivity contribution is 0.00198. The summed E-state index contributed by atoms with van der Waals surface area (Å²) in [7, 11) is 0. The molecule has 0 bridgehead atoms. The molecule has 2 aliphatic heterocycles. The number of rotatable bonds is 4. The zero-order valence-corrected chi connectivity index (χ0v) is 14.6. The van der Waals surface area contributed by atoms with Crippen LogP contribution in [0.2, 0.25) is 0 Å². The summed E-state index contributed by atoms with van der Waals surface area (Å²) in [5, 5.41) is 3.76. The molecule has 0 saturated carbocycles. The highest BCUT2D eigenvalue weighted by Gasteiger charge is 2.48. The van der Waals surface area contributed by atoms with Gasteiger partial charge in [-0.2, -0.15) is 0 Å². The summed E-state index contributed by atoms with van der Waals surface area (Å²) in [6, 6.07) is 1.84. The molecule has 0 radical (unpaired) electrons. The van der Waals surface area contributed by atoms with Crippen LogP contribution in [0.1, 0.15) is 55.8 Å². The van der Waals surface area contributed by atoms with Crippen LogP contribution in [0.25, 0.3) is 0 Å². The van der Waals surface area contributed by atoms with E-state index in [1.165, 1.54) is 0 Å². The molecule has 7 nitrogen and oxygen atoms in total. The lowest BCUT2D eigenvalue weighted by Crippen LogP contribution is -2.49. The highest BCUT2D eigenvalue weighted by molar-refractivity contribution is 5.91. The van der Waals surface area contributed by atoms with Gasteiger partial charge in [-0.25, -0.2) is 4.79 Å². The Morgan fingerprint density at radius 3 is 2.71 bits per heavy atom. The second kappa shape index (κ2) is 6.45. The van der Waals surface area contributed by atoms with Crippen molar-refractivity contribution in [1.29, 1.82) is 0 Å². The summed E-state index contributed by atoms with van der Waals surface area (Å²) < 4.78 is 10.8. The monoisotopic (exact) mass is 335 g/mol. The van der Waals surface area contributed by atoms with Crippen molar-refractivity contribution >= 4 is 12.0 Å². The lowest BCUT2D eigenvalue weighted by atomic mass is 9.91. The SMILES string of the molecule is CCC[C@H](C)N1CC2(CCN(C(=O)c3cc(C)no3)CC2)OC1=O. The molecule has 132 valence electrons. The van der Waals surface area contributed by atoms with Crippen LogP contribution < -0.4 is 0 Å². The van der Waals surface area contributed by atoms with Gasteiger partial charge in [-0.15, -0.1) is 0 Å². The quantitative estimate of drug-likeness (QED) is 0.845. The number of ether oxygens (including phenoxy) is 1. The van der Waals surface area contributed by atoms with Gasteiger partial charge in [0.05, 0.1) is 12.2 Å². The molecule has 2 saturated heterocycles. The van der Waals surface area contributed by atoms with E-state index in [0.717, 1.165) is 12.8 Å². The zero-order chi connectivity index (χ0) is 17.3. The van der Waals surface area contributed by atoms with Crippen molar-refractivity contribution in [3.8, 4) is 0 Å². The molecule has 2 amide bonds. The van der Waals surface area contributed by atoms with Gasteiger partial charge in [-0.1, -0.05) is 18.5 Å². The van der Waals surface area contributed by atoms with E-state index in [-0.39, 0.29) is 23.8 Å². The summed E-state index contributed by atoms with van der Waals surface area (Å²) in [6.45, 7) is 7.70. The summed E-state index contributed by atoms with van der Waals surface area (Å²) >= 11 is 0. The fourth-order valence-electron chi connectivity index (χ4n) is 3.56. The van der Waals surface area contributed by atoms with Crippen LogP contribution in [-0.2, 0) is 4.74 Å². The van der Waals surface area contributed by atoms with E-state index < -0.39 is 5.60 Å². The van der Waals surface area contributed by atoms with E-state index in [4.69, 9.17) is 9.26 Å². The van der Waals surface area contributed by atoms with Gasteiger partial charge in [0.2, 0.25) is 5.76 Å². The molecule has 1 spiro atoms. The normalized spacial score (nSPS) is 21.2. The van der Waals surface area contributed by atoms with Crippen molar-refractivity contribution in [2.45, 2.75) is 58.1 Å². The van der Waals surface area contributed by atoms with Crippen molar-refractivity contribution in [2.75, 3.05) is 19.6 Å². The van der Waals surface area contributed by atoms with Gasteiger partial charge in [0.25, 0.3) is 5.91 Å². The third-order valence-electron chi connectivity index (χ3n) is 5.04. The van der Waals surface area contributed by atoms with E-state index in [0.29, 0.717) is 38.2 Å². The number of aryl methyl sites for hydroxylation is 1. The number of likely N-dealkylation sites (tertiary alicyclic amines) is 1. The maximum atomic E-state index is 12.4. The van der Waals surface area contributed by atoms with E-state index in [1.54, 1.807) is 17.9 Å². The second-order valence-corrected chi connectivity index (χ2v) is 6.94. The molecule has 0 N–H and O–H groups in total. The third kappa shape index (κ3) is 3.12. The number of aromatic nitrogens is 1. The number of carbonyl (C=O) groups is 2. The van der Waals surface area contributed by atoms with Crippen LogP contribution in [0.4, 0.5) is 4.79 Å². The maximum absolute atomic E-state index is 12.4. The smallest absolute Gasteiger partial charge is 0.410 e. The Balaban J connectivity index is 1.60. The number of piperidine rings is 1. The molecule has 1 aromatic heterocycles. The van der Waals surface area contributed by atoms with Gasteiger partial charge in [0, 0.05) is 38.0 Å². The van der Waals surface area contributed by atoms with E-state index in [2.05, 4.69) is 19.0 Å². The van der Waals surface area contributed by atoms with E-state index in [9.17, 15) is 9.59 Å². The minimum atomic E-state index is -0.451. The van der Waals surface area contributed by atoms with Gasteiger partial charge < -0.3 is 19.1 Å². The molecular formula is C17H25N3O4. The topological polar surface area (TPSA) is 75.9 Å². The Morgan fingerprint density at radius 1 is 1.42 bits per heavy atom. The molecule has 0 aliphatic carbocycles.